The lowest BCUT2D eigenvalue weighted by Gasteiger charge is -2.32. The van der Waals surface area contributed by atoms with E-state index in [2.05, 4.69) is 0 Å². The van der Waals surface area contributed by atoms with Gasteiger partial charge in [0.15, 0.2) is 0 Å². The fraction of sp³-hybridized carbons (Fsp3) is 0.833. The molecule has 1 amide bonds. The summed E-state index contributed by atoms with van der Waals surface area (Å²) in [5.74, 6) is -0.852. The molecule has 0 bridgehead atoms. The van der Waals surface area contributed by atoms with Gasteiger partial charge < -0.3 is 10.0 Å². The number of aliphatic carboxylic acids is 1. The van der Waals surface area contributed by atoms with Crippen LogP contribution in [0.3, 0.4) is 0 Å². The lowest BCUT2D eigenvalue weighted by Crippen LogP contribution is -2.42. The molecular formula is C12H25NO3. The predicted octanol–water partition coefficient (Wildman–Crippen LogP) is 2.52. The molecule has 1 N–H and O–H groups in total. The second-order valence-electron chi connectivity index (χ2n) is 4.37. The van der Waals surface area contributed by atoms with Crippen LogP contribution in [-0.2, 0) is 9.59 Å². The van der Waals surface area contributed by atoms with Crippen LogP contribution in [0.4, 0.5) is 0 Å². The van der Waals surface area contributed by atoms with E-state index in [4.69, 9.17) is 5.11 Å². The van der Waals surface area contributed by atoms with Crippen molar-refractivity contribution < 1.29 is 14.7 Å². The van der Waals surface area contributed by atoms with Gasteiger partial charge in [0.25, 0.3) is 0 Å². The molecule has 0 saturated carbocycles. The minimum absolute atomic E-state index is 0.00116. The van der Waals surface area contributed by atoms with Gasteiger partial charge in [-0.1, -0.05) is 13.8 Å². The highest BCUT2D eigenvalue weighted by Gasteiger charge is 2.21. The van der Waals surface area contributed by atoms with Crippen LogP contribution in [-0.4, -0.2) is 34.5 Å². The van der Waals surface area contributed by atoms with Crippen molar-refractivity contribution in [1.82, 2.24) is 4.90 Å². The molecule has 4 heteroatoms. The van der Waals surface area contributed by atoms with Crippen LogP contribution in [0.25, 0.3) is 0 Å². The van der Waals surface area contributed by atoms with Crippen LogP contribution in [0.1, 0.15) is 53.9 Å². The van der Waals surface area contributed by atoms with Gasteiger partial charge in [-0.3, -0.25) is 9.59 Å². The van der Waals surface area contributed by atoms with Crippen LogP contribution in [0.15, 0.2) is 0 Å². The molecule has 16 heavy (non-hydrogen) atoms. The van der Waals surface area contributed by atoms with E-state index in [1.165, 1.54) is 0 Å². The molecular weight excluding hydrogens is 206 g/mol. The highest BCUT2D eigenvalue weighted by molar-refractivity contribution is 5.77. The number of amides is 1. The fourth-order valence-electron chi connectivity index (χ4n) is 0.933. The van der Waals surface area contributed by atoms with Crippen molar-refractivity contribution in [3.63, 3.8) is 0 Å². The van der Waals surface area contributed by atoms with Gasteiger partial charge in [-0.05, 0) is 27.2 Å². The third-order valence-electron chi connectivity index (χ3n) is 2.16. The van der Waals surface area contributed by atoms with E-state index in [0.717, 1.165) is 0 Å². The molecule has 0 atom stereocenters. The van der Waals surface area contributed by atoms with Gasteiger partial charge in [-0.15, -0.1) is 0 Å². The molecule has 0 aromatic carbocycles. The Hall–Kier alpha value is -1.06. The van der Waals surface area contributed by atoms with E-state index in [0.29, 0.717) is 12.8 Å². The van der Waals surface area contributed by atoms with Crippen molar-refractivity contribution in [3.05, 3.63) is 0 Å². The Bertz CT molecular complexity index is 219. The van der Waals surface area contributed by atoms with Crippen molar-refractivity contribution in [3.8, 4) is 0 Å². The van der Waals surface area contributed by atoms with Crippen molar-refractivity contribution >= 4 is 11.9 Å². The van der Waals surface area contributed by atoms with Gasteiger partial charge >= 0.3 is 5.97 Å². The Morgan fingerprint density at radius 2 is 1.56 bits per heavy atom. The Labute approximate surface area is 98.6 Å². The summed E-state index contributed by atoms with van der Waals surface area (Å²) in [6, 6.07) is 0. The first-order valence-electron chi connectivity index (χ1n) is 5.73. The fourth-order valence-corrected chi connectivity index (χ4v) is 0.933. The molecule has 0 heterocycles. The quantitative estimate of drug-likeness (QED) is 0.808. The SMILES string of the molecule is CC.CN(C(=O)CCCC(=O)O)C(C)(C)C. The maximum Gasteiger partial charge on any atom is 0.303 e. The number of carboxylic acids is 1. The summed E-state index contributed by atoms with van der Waals surface area (Å²) in [6.07, 6.45) is 0.776. The predicted molar refractivity (Wildman–Crippen MR) is 65.4 cm³/mol. The number of rotatable bonds is 4. The first kappa shape index (κ1) is 17.3. The standard InChI is InChI=1S/C10H19NO3.C2H6/c1-10(2,3)11(4)8(12)6-5-7-9(13)14;1-2/h5-7H2,1-4H3,(H,13,14);1-2H3. The number of carbonyl (C=O) groups excluding carboxylic acids is 1. The molecule has 0 fully saturated rings. The summed E-state index contributed by atoms with van der Waals surface area (Å²) < 4.78 is 0. The number of nitrogens with zero attached hydrogens (tertiary/aromatic N) is 1. The van der Waals surface area contributed by atoms with Crippen molar-refractivity contribution in [2.45, 2.75) is 59.4 Å². The van der Waals surface area contributed by atoms with E-state index < -0.39 is 5.97 Å². The Morgan fingerprint density at radius 3 is 1.88 bits per heavy atom. The van der Waals surface area contributed by atoms with Crippen LogP contribution in [0.2, 0.25) is 0 Å². The van der Waals surface area contributed by atoms with Crippen molar-refractivity contribution in [1.29, 1.82) is 0 Å². The second kappa shape index (κ2) is 8.13. The van der Waals surface area contributed by atoms with Gasteiger partial charge in [0.1, 0.15) is 0 Å². The van der Waals surface area contributed by atoms with E-state index in [9.17, 15) is 9.59 Å². The van der Waals surface area contributed by atoms with E-state index >= 15 is 0 Å². The molecule has 0 aromatic heterocycles. The van der Waals surface area contributed by atoms with E-state index in [-0.39, 0.29) is 17.9 Å². The molecule has 0 aromatic rings. The normalized spacial score (nSPS) is 10.1. The average molecular weight is 231 g/mol. The smallest absolute Gasteiger partial charge is 0.303 e. The molecule has 0 radical (unpaired) electrons. The zero-order valence-corrected chi connectivity index (χ0v) is 11.3. The van der Waals surface area contributed by atoms with Crippen molar-refractivity contribution in [2.24, 2.45) is 0 Å². The summed E-state index contributed by atoms with van der Waals surface area (Å²) in [4.78, 5) is 23.4. The summed E-state index contributed by atoms with van der Waals surface area (Å²) in [5.41, 5.74) is -0.194. The topological polar surface area (TPSA) is 57.6 Å². The lowest BCUT2D eigenvalue weighted by atomic mass is 10.1. The van der Waals surface area contributed by atoms with Gasteiger partial charge in [0.2, 0.25) is 5.91 Å². The number of carboxylic acid groups (broad SMARTS) is 1. The Balaban J connectivity index is 0. The highest BCUT2D eigenvalue weighted by atomic mass is 16.4. The van der Waals surface area contributed by atoms with Crippen LogP contribution in [0, 0.1) is 0 Å². The zero-order chi connectivity index (χ0) is 13.4. The molecule has 0 aliphatic rings. The minimum Gasteiger partial charge on any atom is -0.481 e. The van der Waals surface area contributed by atoms with Gasteiger partial charge in [-0.25, -0.2) is 0 Å². The highest BCUT2D eigenvalue weighted by Crippen LogP contribution is 2.12. The maximum atomic E-state index is 11.5. The van der Waals surface area contributed by atoms with Crippen LogP contribution < -0.4 is 0 Å². The number of hydrogen-bond donors (Lipinski definition) is 1. The van der Waals surface area contributed by atoms with Crippen molar-refractivity contribution in [2.75, 3.05) is 7.05 Å². The third kappa shape index (κ3) is 8.26. The molecule has 0 aliphatic heterocycles. The van der Waals surface area contributed by atoms with E-state index in [1.807, 2.05) is 34.6 Å². The molecule has 0 rings (SSSR count). The zero-order valence-electron chi connectivity index (χ0n) is 11.3. The average Bonchev–Trinajstić information content (AvgIpc) is 2.17. The largest absolute Gasteiger partial charge is 0.481 e. The Morgan fingerprint density at radius 1 is 1.12 bits per heavy atom. The second-order valence-corrected chi connectivity index (χ2v) is 4.37. The monoisotopic (exact) mass is 231 g/mol. The minimum atomic E-state index is -0.851. The molecule has 0 saturated heterocycles. The Kier molecular flexibility index (Phi) is 8.81. The van der Waals surface area contributed by atoms with Gasteiger partial charge in [-0.2, -0.15) is 0 Å². The third-order valence-corrected chi connectivity index (χ3v) is 2.16. The summed E-state index contributed by atoms with van der Waals surface area (Å²) in [7, 11) is 1.74. The number of hydrogen-bond acceptors (Lipinski definition) is 2. The molecule has 96 valence electrons. The van der Waals surface area contributed by atoms with Crippen LogP contribution in [0.5, 0.6) is 0 Å². The van der Waals surface area contributed by atoms with Gasteiger partial charge in [0.05, 0.1) is 0 Å². The number of carbonyl (C=O) groups is 2. The molecule has 0 spiro atoms. The van der Waals surface area contributed by atoms with E-state index in [1.54, 1.807) is 11.9 Å². The summed E-state index contributed by atoms with van der Waals surface area (Å²) >= 11 is 0. The summed E-state index contributed by atoms with van der Waals surface area (Å²) in [5, 5.41) is 8.40. The molecule has 0 unspecified atom stereocenters. The maximum absolute atomic E-state index is 11.5. The summed E-state index contributed by atoms with van der Waals surface area (Å²) in [6.45, 7) is 9.84. The first-order chi connectivity index (χ1) is 7.25. The van der Waals surface area contributed by atoms with Gasteiger partial charge in [0, 0.05) is 25.4 Å². The van der Waals surface area contributed by atoms with Crippen LogP contribution >= 0.6 is 0 Å². The lowest BCUT2D eigenvalue weighted by molar-refractivity contribution is -0.137. The first-order valence-corrected chi connectivity index (χ1v) is 5.73. The molecule has 4 nitrogen and oxygen atoms in total. The molecule has 0 aliphatic carbocycles.